The van der Waals surface area contributed by atoms with Crippen LogP contribution in [0.15, 0.2) is 60.7 Å². The maximum absolute atomic E-state index is 8.25. The van der Waals surface area contributed by atoms with Gasteiger partial charge in [-0.15, -0.1) is 0 Å². The zero-order valence-corrected chi connectivity index (χ0v) is 27.2. The lowest BCUT2D eigenvalue weighted by molar-refractivity contribution is -0.941. The van der Waals surface area contributed by atoms with Crippen LogP contribution in [0.25, 0.3) is 0 Å². The lowest BCUT2D eigenvalue weighted by Crippen LogP contribution is -3.16. The molecular formula is C36H57N5O3. The smallest absolute Gasteiger partial charge is 0.103 e. The Morgan fingerprint density at radius 2 is 1.30 bits per heavy atom. The summed E-state index contributed by atoms with van der Waals surface area (Å²) in [5.41, 5.74) is 2.97. The van der Waals surface area contributed by atoms with E-state index in [9.17, 15) is 0 Å². The Balaban J connectivity index is 0.00000104. The first-order valence-electron chi connectivity index (χ1n) is 17.5. The molecule has 2 saturated carbocycles. The van der Waals surface area contributed by atoms with Gasteiger partial charge < -0.3 is 30.9 Å². The van der Waals surface area contributed by atoms with Crippen LogP contribution in [0.1, 0.15) is 102 Å². The minimum atomic E-state index is -1.75. The van der Waals surface area contributed by atoms with E-state index in [0.29, 0.717) is 36.3 Å². The molecular weight excluding hydrogens is 550 g/mol. The lowest BCUT2D eigenvalue weighted by Gasteiger charge is -2.44. The molecule has 3 fully saturated rings. The fourth-order valence-corrected chi connectivity index (χ4v) is 8.10. The summed E-state index contributed by atoms with van der Waals surface area (Å²) in [4.78, 5) is 12.9. The molecule has 1 unspecified atom stereocenters. The van der Waals surface area contributed by atoms with E-state index in [4.69, 9.17) is 15.3 Å². The average molecular weight is 608 g/mol. The number of nitrogens with zero attached hydrogens (tertiary/aromatic N) is 2. The molecule has 0 spiro atoms. The molecule has 0 radical (unpaired) electrons. The van der Waals surface area contributed by atoms with Crippen LogP contribution in [0.4, 0.5) is 0 Å². The molecule has 244 valence electrons. The van der Waals surface area contributed by atoms with Crippen molar-refractivity contribution in [3.8, 4) is 0 Å². The number of fused-ring (bicyclic) bond motifs is 2. The molecule has 3 aliphatic rings. The predicted octanol–water partition coefficient (Wildman–Crippen LogP) is 5.49. The number of benzene rings is 2. The van der Waals surface area contributed by atoms with Crippen LogP contribution in [-0.2, 0) is 13.1 Å². The molecule has 0 aromatic heterocycles. The molecule has 8 heteroatoms. The van der Waals surface area contributed by atoms with E-state index < -0.39 is 5.09 Å². The van der Waals surface area contributed by atoms with Crippen molar-refractivity contribution in [3.05, 3.63) is 87.1 Å². The Morgan fingerprint density at radius 1 is 0.750 bits per heavy atom. The van der Waals surface area contributed by atoms with Gasteiger partial charge in [0, 0.05) is 55.7 Å². The van der Waals surface area contributed by atoms with Gasteiger partial charge in [-0.25, -0.2) is 0 Å². The van der Waals surface area contributed by atoms with Crippen molar-refractivity contribution >= 4 is 0 Å². The Morgan fingerprint density at radius 3 is 1.95 bits per heavy atom. The van der Waals surface area contributed by atoms with Crippen molar-refractivity contribution in [2.45, 2.75) is 140 Å². The van der Waals surface area contributed by atoms with Gasteiger partial charge in [0.25, 0.3) is 0 Å². The second kappa shape index (κ2) is 18.4. The minimum Gasteiger partial charge on any atom is -0.356 e. The third kappa shape index (κ3) is 10.8. The van der Waals surface area contributed by atoms with Gasteiger partial charge in [-0.1, -0.05) is 93.8 Å². The molecule has 2 aromatic carbocycles. The van der Waals surface area contributed by atoms with Gasteiger partial charge in [0.15, 0.2) is 0 Å². The summed E-state index contributed by atoms with van der Waals surface area (Å²) in [6.07, 6.45) is 15.9. The predicted molar refractivity (Wildman–Crippen MR) is 179 cm³/mol. The number of hydrogen-bond donors (Lipinski definition) is 3. The zero-order valence-electron chi connectivity index (χ0n) is 27.2. The Labute approximate surface area is 265 Å². The van der Waals surface area contributed by atoms with Gasteiger partial charge in [0.05, 0.1) is 17.7 Å². The van der Waals surface area contributed by atoms with Crippen LogP contribution >= 0.6 is 0 Å². The summed E-state index contributed by atoms with van der Waals surface area (Å²) < 4.78 is 0. The molecule has 3 N–H and O–H groups in total. The highest BCUT2D eigenvalue weighted by molar-refractivity contribution is 5.15. The van der Waals surface area contributed by atoms with Gasteiger partial charge in [0.2, 0.25) is 0 Å². The number of hydrogen-bond acceptors (Lipinski definition) is 6. The maximum atomic E-state index is 8.25. The summed E-state index contributed by atoms with van der Waals surface area (Å²) in [6.45, 7) is 9.52. The fraction of sp³-hybridized carbons (Fsp3) is 0.667. The van der Waals surface area contributed by atoms with E-state index in [1.54, 1.807) is 0 Å². The SMILES string of the molecule is CC[C@H]1CCN(Cc2ccccc2)[C@@H]2CCCC[C@H]2N[C@H](CC)CC[NH+](Cc2ccccc2)[C@H]2CCCC[C@@H]2N1.O=[N+]([O-])[O-]. The average Bonchev–Trinajstić information content (AvgIpc) is 3.04. The Kier molecular flexibility index (Phi) is 14.4. The summed E-state index contributed by atoms with van der Waals surface area (Å²) in [5.74, 6) is 0. The number of nitrogens with one attached hydrogen (secondary N) is 3. The Bertz CT molecular complexity index is 990. The van der Waals surface area contributed by atoms with Crippen LogP contribution in [0.3, 0.4) is 0 Å². The highest BCUT2D eigenvalue weighted by Crippen LogP contribution is 2.27. The lowest BCUT2D eigenvalue weighted by atomic mass is 9.86. The molecule has 7 atom stereocenters. The van der Waals surface area contributed by atoms with Crippen molar-refractivity contribution < 1.29 is 9.99 Å². The van der Waals surface area contributed by atoms with Gasteiger partial charge in [0.1, 0.15) is 12.6 Å². The van der Waals surface area contributed by atoms with Crippen molar-refractivity contribution in [3.63, 3.8) is 0 Å². The summed E-state index contributed by atoms with van der Waals surface area (Å²) in [5, 5.41) is 23.3. The third-order valence-corrected chi connectivity index (χ3v) is 10.5. The van der Waals surface area contributed by atoms with Crippen LogP contribution in [0, 0.1) is 15.3 Å². The monoisotopic (exact) mass is 607 g/mol. The van der Waals surface area contributed by atoms with E-state index in [2.05, 4.69) is 90.0 Å². The highest BCUT2D eigenvalue weighted by atomic mass is 16.9. The summed E-state index contributed by atoms with van der Waals surface area (Å²) >= 11 is 0. The van der Waals surface area contributed by atoms with E-state index in [-0.39, 0.29) is 0 Å². The fourth-order valence-electron chi connectivity index (χ4n) is 8.10. The summed E-state index contributed by atoms with van der Waals surface area (Å²) in [6, 6.07) is 26.4. The topological polar surface area (TPSA) is 97.9 Å². The van der Waals surface area contributed by atoms with Crippen molar-refractivity contribution in [1.29, 1.82) is 0 Å². The molecule has 0 amide bonds. The van der Waals surface area contributed by atoms with Crippen LogP contribution in [0.5, 0.6) is 0 Å². The first-order chi connectivity index (χ1) is 21.5. The van der Waals surface area contributed by atoms with Crippen molar-refractivity contribution in [1.82, 2.24) is 15.5 Å². The molecule has 8 nitrogen and oxygen atoms in total. The van der Waals surface area contributed by atoms with E-state index in [1.807, 2.05) is 4.90 Å². The minimum absolute atomic E-state index is 0.600. The largest absolute Gasteiger partial charge is 0.356 e. The van der Waals surface area contributed by atoms with E-state index in [1.165, 1.54) is 101 Å². The highest BCUT2D eigenvalue weighted by Gasteiger charge is 2.37. The quantitative estimate of drug-likeness (QED) is 0.297. The van der Waals surface area contributed by atoms with Crippen molar-refractivity contribution in [2.24, 2.45) is 0 Å². The standard InChI is InChI=1S/C36H56N4.NO3/c1-3-31-23-25-39(27-29-15-7-5-8-16-29)36-22-14-12-20-34(36)38-32(4-2)24-26-40(28-30-17-9-6-10-18-30)35-21-13-11-19-33(35)37-31;2-1(3)4/h5-10,15-18,31-38H,3-4,11-14,19-28H2,1-2H3;/q;-1/p+1/t31-,32+,33-,34+,35-,36+;. The molecule has 0 bridgehead atoms. The number of quaternary nitrogens is 1. The van der Waals surface area contributed by atoms with E-state index in [0.717, 1.165) is 13.1 Å². The maximum Gasteiger partial charge on any atom is 0.103 e. The van der Waals surface area contributed by atoms with E-state index >= 15 is 0 Å². The van der Waals surface area contributed by atoms with Crippen molar-refractivity contribution in [2.75, 3.05) is 13.1 Å². The molecule has 1 saturated heterocycles. The molecule has 5 rings (SSSR count). The first-order valence-corrected chi connectivity index (χ1v) is 17.5. The molecule has 2 aliphatic carbocycles. The molecule has 2 aromatic rings. The molecule has 1 aliphatic heterocycles. The first kappa shape index (κ1) is 34.4. The second-order valence-electron chi connectivity index (χ2n) is 13.3. The molecule has 44 heavy (non-hydrogen) atoms. The summed E-state index contributed by atoms with van der Waals surface area (Å²) in [7, 11) is 0. The number of rotatable bonds is 6. The van der Waals surface area contributed by atoms with Gasteiger partial charge in [-0.05, 0) is 50.5 Å². The molecule has 1 heterocycles. The second-order valence-corrected chi connectivity index (χ2v) is 13.3. The normalized spacial score (nSPS) is 30.5. The van der Waals surface area contributed by atoms with Gasteiger partial charge in [-0.2, -0.15) is 0 Å². The van der Waals surface area contributed by atoms with Crippen LogP contribution in [0.2, 0.25) is 0 Å². The van der Waals surface area contributed by atoms with Gasteiger partial charge >= 0.3 is 0 Å². The van der Waals surface area contributed by atoms with Crippen LogP contribution < -0.4 is 15.5 Å². The van der Waals surface area contributed by atoms with Gasteiger partial charge in [-0.3, -0.25) is 4.90 Å². The van der Waals surface area contributed by atoms with Crippen LogP contribution in [-0.4, -0.2) is 59.3 Å². The third-order valence-electron chi connectivity index (χ3n) is 10.5. The Hall–Kier alpha value is -2.52. The zero-order chi connectivity index (χ0) is 31.1.